The molecule has 6 heteroatoms. The third-order valence-corrected chi connectivity index (χ3v) is 1.91. The van der Waals surface area contributed by atoms with Crippen LogP contribution in [0.1, 0.15) is 13.8 Å². The van der Waals surface area contributed by atoms with E-state index in [1.54, 1.807) is 12.1 Å². The first-order chi connectivity index (χ1) is 8.47. The Kier molecular flexibility index (Phi) is 4.98. The second-order valence-corrected chi connectivity index (χ2v) is 4.21. The van der Waals surface area contributed by atoms with E-state index in [1.165, 1.54) is 0 Å². The summed E-state index contributed by atoms with van der Waals surface area (Å²) in [4.78, 5) is 7.65. The van der Waals surface area contributed by atoms with Crippen LogP contribution < -0.4 is 21.9 Å². The Morgan fingerprint density at radius 3 is 2.28 bits per heavy atom. The molecule has 0 radical (unpaired) electrons. The lowest BCUT2D eigenvalue weighted by atomic mass is 10.2. The summed E-state index contributed by atoms with van der Waals surface area (Å²) >= 11 is 0. The van der Waals surface area contributed by atoms with Crippen molar-refractivity contribution in [3.8, 4) is 5.75 Å². The summed E-state index contributed by atoms with van der Waals surface area (Å²) in [6, 6.07) is 7.21. The molecule has 1 rings (SSSR count). The summed E-state index contributed by atoms with van der Waals surface area (Å²) < 4.78 is 5.54. The van der Waals surface area contributed by atoms with Crippen LogP contribution in [0, 0.1) is 5.92 Å². The molecule has 18 heavy (non-hydrogen) atoms. The number of aliphatic imine (C=N–C) groups is 2. The molecule has 1 aromatic carbocycles. The quantitative estimate of drug-likeness (QED) is 0.544. The number of nitrogens with zero attached hydrogens (tertiary/aromatic N) is 2. The van der Waals surface area contributed by atoms with Crippen molar-refractivity contribution < 1.29 is 4.74 Å². The minimum Gasteiger partial charge on any atom is -0.493 e. The standard InChI is InChI=1S/C12H19N5O/c1-8(2)7-18-10-5-3-9(4-6-10)16-12(15)17-11(13)14/h3-6,8H,7H2,1-2H3,(H6,13,14,15,16,17). The molecule has 0 fully saturated rings. The zero-order valence-corrected chi connectivity index (χ0v) is 10.6. The summed E-state index contributed by atoms with van der Waals surface area (Å²) in [6.07, 6.45) is 0. The van der Waals surface area contributed by atoms with Gasteiger partial charge in [-0.15, -0.1) is 0 Å². The Bertz CT molecular complexity index is 432. The van der Waals surface area contributed by atoms with Crippen LogP contribution in [0.3, 0.4) is 0 Å². The van der Waals surface area contributed by atoms with Crippen molar-refractivity contribution >= 4 is 17.6 Å². The van der Waals surface area contributed by atoms with Crippen molar-refractivity contribution in [3.05, 3.63) is 24.3 Å². The number of ether oxygens (including phenoxy) is 1. The van der Waals surface area contributed by atoms with Crippen LogP contribution in [0.4, 0.5) is 5.69 Å². The Hall–Kier alpha value is -2.24. The number of hydrogen-bond donors (Lipinski definition) is 3. The van der Waals surface area contributed by atoms with E-state index in [1.807, 2.05) is 12.1 Å². The fourth-order valence-corrected chi connectivity index (χ4v) is 1.17. The number of guanidine groups is 2. The predicted molar refractivity (Wildman–Crippen MR) is 73.9 cm³/mol. The third kappa shape index (κ3) is 5.20. The number of rotatable bonds is 4. The maximum Gasteiger partial charge on any atom is 0.223 e. The van der Waals surface area contributed by atoms with E-state index in [2.05, 4.69) is 23.8 Å². The van der Waals surface area contributed by atoms with Gasteiger partial charge in [0.05, 0.1) is 12.3 Å². The predicted octanol–water partition coefficient (Wildman–Crippen LogP) is 0.941. The van der Waals surface area contributed by atoms with Crippen molar-refractivity contribution in [3.63, 3.8) is 0 Å². The van der Waals surface area contributed by atoms with Crippen molar-refractivity contribution in [1.29, 1.82) is 0 Å². The zero-order chi connectivity index (χ0) is 13.5. The second-order valence-electron chi connectivity index (χ2n) is 4.21. The first kappa shape index (κ1) is 13.8. The van der Waals surface area contributed by atoms with Gasteiger partial charge in [0.2, 0.25) is 5.96 Å². The highest BCUT2D eigenvalue weighted by Gasteiger charge is 1.98. The molecule has 0 atom stereocenters. The summed E-state index contributed by atoms with van der Waals surface area (Å²) in [5, 5.41) is 0. The van der Waals surface area contributed by atoms with Crippen LogP contribution in [-0.4, -0.2) is 18.5 Å². The summed E-state index contributed by atoms with van der Waals surface area (Å²) in [7, 11) is 0. The van der Waals surface area contributed by atoms with Gasteiger partial charge in [-0.2, -0.15) is 4.99 Å². The van der Waals surface area contributed by atoms with E-state index in [-0.39, 0.29) is 11.9 Å². The fraction of sp³-hybridized carbons (Fsp3) is 0.333. The van der Waals surface area contributed by atoms with Gasteiger partial charge in [0.15, 0.2) is 5.96 Å². The van der Waals surface area contributed by atoms with E-state index in [4.69, 9.17) is 21.9 Å². The molecule has 0 aromatic heterocycles. The largest absolute Gasteiger partial charge is 0.493 e. The number of hydrogen-bond acceptors (Lipinski definition) is 2. The van der Waals surface area contributed by atoms with Gasteiger partial charge in [-0.05, 0) is 30.2 Å². The van der Waals surface area contributed by atoms with Crippen molar-refractivity contribution in [1.82, 2.24) is 0 Å². The highest BCUT2D eigenvalue weighted by atomic mass is 16.5. The minimum atomic E-state index is -0.117. The third-order valence-electron chi connectivity index (χ3n) is 1.91. The van der Waals surface area contributed by atoms with Gasteiger partial charge in [0.25, 0.3) is 0 Å². The van der Waals surface area contributed by atoms with E-state index in [9.17, 15) is 0 Å². The molecule has 1 aromatic rings. The molecular formula is C12H19N5O. The SMILES string of the molecule is CC(C)COc1ccc(N=C(N)N=C(N)N)cc1. The molecule has 6 N–H and O–H groups in total. The Morgan fingerprint density at radius 1 is 1.17 bits per heavy atom. The zero-order valence-electron chi connectivity index (χ0n) is 10.6. The molecule has 0 amide bonds. The molecule has 98 valence electrons. The lowest BCUT2D eigenvalue weighted by molar-refractivity contribution is 0.271. The fourth-order valence-electron chi connectivity index (χ4n) is 1.17. The second kappa shape index (κ2) is 6.48. The van der Waals surface area contributed by atoms with Crippen molar-refractivity contribution in [2.75, 3.05) is 6.61 Å². The van der Waals surface area contributed by atoms with E-state index in [0.717, 1.165) is 5.75 Å². The van der Waals surface area contributed by atoms with Crippen molar-refractivity contribution in [2.45, 2.75) is 13.8 Å². The monoisotopic (exact) mass is 249 g/mol. The van der Waals surface area contributed by atoms with Crippen molar-refractivity contribution in [2.24, 2.45) is 33.1 Å². The van der Waals surface area contributed by atoms with E-state index >= 15 is 0 Å². The normalized spacial score (nSPS) is 11.4. The minimum absolute atomic E-state index is 0.0193. The lowest BCUT2D eigenvalue weighted by Crippen LogP contribution is -2.26. The van der Waals surface area contributed by atoms with Crippen LogP contribution in [0.5, 0.6) is 5.75 Å². The molecule has 0 aliphatic heterocycles. The number of nitrogens with two attached hydrogens (primary N) is 3. The van der Waals surface area contributed by atoms with E-state index < -0.39 is 0 Å². The lowest BCUT2D eigenvalue weighted by Gasteiger charge is -2.08. The summed E-state index contributed by atoms with van der Waals surface area (Å²) in [6.45, 7) is 4.86. The molecule has 0 heterocycles. The highest BCUT2D eigenvalue weighted by molar-refractivity contribution is 5.93. The maximum absolute atomic E-state index is 5.54. The van der Waals surface area contributed by atoms with Gasteiger partial charge in [-0.25, -0.2) is 4.99 Å². The molecule has 0 unspecified atom stereocenters. The topological polar surface area (TPSA) is 112 Å². The summed E-state index contributed by atoms with van der Waals surface area (Å²) in [5.74, 6) is 1.18. The van der Waals surface area contributed by atoms with Crippen LogP contribution in [-0.2, 0) is 0 Å². The number of benzene rings is 1. The average molecular weight is 249 g/mol. The summed E-state index contributed by atoms with van der Waals surface area (Å²) in [5.41, 5.74) is 16.5. The molecule has 0 saturated carbocycles. The van der Waals surface area contributed by atoms with Gasteiger partial charge >= 0.3 is 0 Å². The maximum atomic E-state index is 5.54. The van der Waals surface area contributed by atoms with Gasteiger partial charge < -0.3 is 21.9 Å². The van der Waals surface area contributed by atoms with Crippen LogP contribution in [0.25, 0.3) is 0 Å². The molecule has 0 aliphatic rings. The van der Waals surface area contributed by atoms with Crippen LogP contribution in [0.2, 0.25) is 0 Å². The molecular weight excluding hydrogens is 230 g/mol. The molecule has 0 bridgehead atoms. The molecule has 6 nitrogen and oxygen atoms in total. The van der Waals surface area contributed by atoms with Gasteiger partial charge in [0, 0.05) is 0 Å². The first-order valence-electron chi connectivity index (χ1n) is 5.64. The molecule has 0 saturated heterocycles. The Balaban J connectivity index is 2.68. The van der Waals surface area contributed by atoms with Crippen LogP contribution >= 0.6 is 0 Å². The van der Waals surface area contributed by atoms with E-state index in [0.29, 0.717) is 18.2 Å². The Morgan fingerprint density at radius 2 is 1.78 bits per heavy atom. The van der Waals surface area contributed by atoms with Crippen LogP contribution in [0.15, 0.2) is 34.3 Å². The Labute approximate surface area is 107 Å². The van der Waals surface area contributed by atoms with Gasteiger partial charge in [-0.1, -0.05) is 13.8 Å². The highest BCUT2D eigenvalue weighted by Crippen LogP contribution is 2.18. The first-order valence-corrected chi connectivity index (χ1v) is 5.64. The van der Waals surface area contributed by atoms with Gasteiger partial charge in [0.1, 0.15) is 5.75 Å². The molecule has 0 aliphatic carbocycles. The average Bonchev–Trinajstić information content (AvgIpc) is 2.26. The molecule has 0 spiro atoms. The van der Waals surface area contributed by atoms with Gasteiger partial charge in [-0.3, -0.25) is 0 Å². The smallest absolute Gasteiger partial charge is 0.223 e.